The molecule has 1 amide bonds. The molecule has 0 radical (unpaired) electrons. The van der Waals surface area contributed by atoms with Gasteiger partial charge in [0.25, 0.3) is 11.6 Å². The van der Waals surface area contributed by atoms with Gasteiger partial charge in [-0.2, -0.15) is 13.2 Å². The number of carbonyl (C=O) groups is 1. The van der Waals surface area contributed by atoms with Crippen LogP contribution in [0.2, 0.25) is 0 Å². The minimum absolute atomic E-state index is 0.198. The second-order valence-corrected chi connectivity index (χ2v) is 4.37. The Hall–Kier alpha value is -2.16. The number of hydrogen-bond donors (Lipinski definition) is 2. The van der Waals surface area contributed by atoms with Gasteiger partial charge in [-0.05, 0) is 25.5 Å². The summed E-state index contributed by atoms with van der Waals surface area (Å²) in [6.45, 7) is 1.36. The Morgan fingerprint density at radius 1 is 1.48 bits per heavy atom. The Labute approximate surface area is 117 Å². The van der Waals surface area contributed by atoms with Gasteiger partial charge in [-0.15, -0.1) is 0 Å². The van der Waals surface area contributed by atoms with Crippen molar-refractivity contribution in [2.24, 2.45) is 0 Å². The molecule has 0 saturated heterocycles. The molecule has 0 fully saturated rings. The lowest BCUT2D eigenvalue weighted by Crippen LogP contribution is -2.33. The van der Waals surface area contributed by atoms with Crippen molar-refractivity contribution in [2.75, 3.05) is 6.61 Å². The predicted octanol–water partition coefficient (Wildman–Crippen LogP) is 2.11. The Bertz CT molecular complexity index is 546. The third-order valence-corrected chi connectivity index (χ3v) is 2.71. The zero-order valence-electron chi connectivity index (χ0n) is 11.0. The topological polar surface area (TPSA) is 92.5 Å². The number of nitro groups is 1. The molecule has 1 rings (SSSR count). The molecule has 9 heteroatoms. The van der Waals surface area contributed by atoms with Crippen molar-refractivity contribution in [3.63, 3.8) is 0 Å². The van der Waals surface area contributed by atoms with Crippen LogP contribution in [0.15, 0.2) is 18.2 Å². The van der Waals surface area contributed by atoms with Crippen molar-refractivity contribution in [1.82, 2.24) is 5.32 Å². The molecule has 1 unspecified atom stereocenters. The van der Waals surface area contributed by atoms with E-state index in [1.54, 1.807) is 6.92 Å². The van der Waals surface area contributed by atoms with E-state index in [0.717, 1.165) is 6.07 Å². The molecule has 2 N–H and O–H groups in total. The van der Waals surface area contributed by atoms with Crippen molar-refractivity contribution in [3.05, 3.63) is 39.4 Å². The van der Waals surface area contributed by atoms with E-state index in [9.17, 15) is 28.1 Å². The van der Waals surface area contributed by atoms with Crippen molar-refractivity contribution in [2.45, 2.75) is 25.6 Å². The summed E-state index contributed by atoms with van der Waals surface area (Å²) in [5.41, 5.74) is -2.58. The number of amides is 1. The maximum Gasteiger partial charge on any atom is 0.416 e. The van der Waals surface area contributed by atoms with Crippen LogP contribution in [0, 0.1) is 10.1 Å². The van der Waals surface area contributed by atoms with Gasteiger partial charge in [0.15, 0.2) is 0 Å². The summed E-state index contributed by atoms with van der Waals surface area (Å²) in [4.78, 5) is 21.6. The number of nitrogens with zero attached hydrogens (tertiary/aromatic N) is 1. The molecule has 0 aliphatic rings. The van der Waals surface area contributed by atoms with Crippen molar-refractivity contribution in [1.29, 1.82) is 0 Å². The number of alkyl halides is 3. The van der Waals surface area contributed by atoms with E-state index in [2.05, 4.69) is 5.32 Å². The number of carbonyl (C=O) groups excluding carboxylic acids is 1. The molecule has 116 valence electrons. The van der Waals surface area contributed by atoms with E-state index < -0.39 is 39.9 Å². The van der Waals surface area contributed by atoms with Crippen molar-refractivity contribution in [3.8, 4) is 0 Å². The first kappa shape index (κ1) is 16.9. The summed E-state index contributed by atoms with van der Waals surface area (Å²) in [6.07, 6.45) is -4.51. The van der Waals surface area contributed by atoms with Gasteiger partial charge in [0.1, 0.15) is 5.56 Å². The van der Waals surface area contributed by atoms with Crippen LogP contribution >= 0.6 is 0 Å². The average Bonchev–Trinajstić information content (AvgIpc) is 2.36. The van der Waals surface area contributed by atoms with Crippen molar-refractivity contribution < 1.29 is 28.0 Å². The first-order chi connectivity index (χ1) is 9.66. The fraction of sp³-hybridized carbons (Fsp3) is 0.417. The number of rotatable bonds is 5. The highest BCUT2D eigenvalue weighted by Gasteiger charge is 2.34. The van der Waals surface area contributed by atoms with Gasteiger partial charge >= 0.3 is 6.18 Å². The molecular formula is C12H13F3N2O4. The third-order valence-electron chi connectivity index (χ3n) is 2.71. The minimum atomic E-state index is -4.73. The first-order valence-electron chi connectivity index (χ1n) is 5.94. The van der Waals surface area contributed by atoms with E-state index in [1.165, 1.54) is 0 Å². The molecule has 0 bridgehead atoms. The fourth-order valence-electron chi connectivity index (χ4n) is 1.62. The van der Waals surface area contributed by atoms with Crippen LogP contribution in [0.1, 0.15) is 29.3 Å². The smallest absolute Gasteiger partial charge is 0.396 e. The Morgan fingerprint density at radius 3 is 2.57 bits per heavy atom. The quantitative estimate of drug-likeness (QED) is 0.643. The number of benzene rings is 1. The Balaban J connectivity index is 3.12. The van der Waals surface area contributed by atoms with Gasteiger partial charge in [0.2, 0.25) is 0 Å². The monoisotopic (exact) mass is 306 g/mol. The van der Waals surface area contributed by atoms with E-state index >= 15 is 0 Å². The molecule has 21 heavy (non-hydrogen) atoms. The standard InChI is InChI=1S/C12H13F3N2O4/c1-7(4-5-18)16-11(19)9-3-2-8(12(13,14)15)6-10(9)17(20)21/h2-3,6-7,18H,4-5H2,1H3,(H,16,19). The van der Waals surface area contributed by atoms with E-state index in [0.29, 0.717) is 12.1 Å². The van der Waals surface area contributed by atoms with Crippen LogP contribution in [0.4, 0.5) is 18.9 Å². The maximum absolute atomic E-state index is 12.5. The van der Waals surface area contributed by atoms with Gasteiger partial charge in [0.05, 0.1) is 10.5 Å². The molecule has 6 nitrogen and oxygen atoms in total. The molecule has 0 aliphatic carbocycles. The SMILES string of the molecule is CC(CCO)NC(=O)c1ccc(C(F)(F)F)cc1[N+](=O)[O-]. The average molecular weight is 306 g/mol. The largest absolute Gasteiger partial charge is 0.416 e. The molecule has 0 aliphatic heterocycles. The second kappa shape index (κ2) is 6.53. The van der Waals surface area contributed by atoms with Crippen LogP contribution in [0.3, 0.4) is 0 Å². The highest BCUT2D eigenvalue weighted by Crippen LogP contribution is 2.33. The highest BCUT2D eigenvalue weighted by atomic mass is 19.4. The van der Waals surface area contributed by atoms with Crippen LogP contribution in [0.5, 0.6) is 0 Å². The second-order valence-electron chi connectivity index (χ2n) is 4.37. The van der Waals surface area contributed by atoms with Crippen molar-refractivity contribution >= 4 is 11.6 Å². The molecule has 1 aromatic carbocycles. The predicted molar refractivity (Wildman–Crippen MR) is 66.7 cm³/mol. The molecule has 0 aromatic heterocycles. The summed E-state index contributed by atoms with van der Waals surface area (Å²) < 4.78 is 37.6. The maximum atomic E-state index is 12.5. The lowest BCUT2D eigenvalue weighted by molar-refractivity contribution is -0.385. The Kier molecular flexibility index (Phi) is 5.25. The van der Waals surface area contributed by atoms with Crippen LogP contribution in [-0.2, 0) is 6.18 Å². The highest BCUT2D eigenvalue weighted by molar-refractivity contribution is 5.98. The van der Waals surface area contributed by atoms with Gasteiger partial charge in [-0.3, -0.25) is 14.9 Å². The molecule has 0 spiro atoms. The van der Waals surface area contributed by atoms with E-state index in [-0.39, 0.29) is 13.0 Å². The molecule has 1 atom stereocenters. The minimum Gasteiger partial charge on any atom is -0.396 e. The van der Waals surface area contributed by atoms with Crippen LogP contribution in [-0.4, -0.2) is 28.6 Å². The third kappa shape index (κ3) is 4.42. The summed E-state index contributed by atoms with van der Waals surface area (Å²) >= 11 is 0. The fourth-order valence-corrected chi connectivity index (χ4v) is 1.62. The Morgan fingerprint density at radius 2 is 2.10 bits per heavy atom. The molecule has 0 heterocycles. The number of hydrogen-bond acceptors (Lipinski definition) is 4. The molecule has 0 saturated carbocycles. The summed E-state index contributed by atoms with van der Waals surface area (Å²) in [5.74, 6) is -0.864. The summed E-state index contributed by atoms with van der Waals surface area (Å²) in [7, 11) is 0. The lowest BCUT2D eigenvalue weighted by Gasteiger charge is -2.13. The number of aliphatic hydroxyl groups excluding tert-OH is 1. The number of nitrogens with one attached hydrogen (secondary N) is 1. The first-order valence-corrected chi connectivity index (χ1v) is 5.94. The van der Waals surface area contributed by atoms with Crippen LogP contribution < -0.4 is 5.32 Å². The van der Waals surface area contributed by atoms with Gasteiger partial charge < -0.3 is 10.4 Å². The normalized spacial score (nSPS) is 12.8. The lowest BCUT2D eigenvalue weighted by atomic mass is 10.1. The van der Waals surface area contributed by atoms with Gasteiger partial charge in [0, 0.05) is 18.7 Å². The summed E-state index contributed by atoms with van der Waals surface area (Å²) in [5, 5.41) is 21.9. The summed E-state index contributed by atoms with van der Waals surface area (Å²) in [6, 6.07) is 1.23. The number of halogens is 3. The van der Waals surface area contributed by atoms with Gasteiger partial charge in [-0.1, -0.05) is 0 Å². The van der Waals surface area contributed by atoms with E-state index in [1.807, 2.05) is 0 Å². The van der Waals surface area contributed by atoms with E-state index in [4.69, 9.17) is 5.11 Å². The van der Waals surface area contributed by atoms with Crippen LogP contribution in [0.25, 0.3) is 0 Å². The number of nitro benzene ring substituents is 1. The number of aliphatic hydroxyl groups is 1. The van der Waals surface area contributed by atoms with Gasteiger partial charge in [-0.25, -0.2) is 0 Å². The zero-order chi connectivity index (χ0) is 16.2. The molecule has 1 aromatic rings. The zero-order valence-corrected chi connectivity index (χ0v) is 11.0. The molecular weight excluding hydrogens is 293 g/mol.